The minimum atomic E-state index is 0.353. The Balaban J connectivity index is 2.66. The van der Waals surface area contributed by atoms with Crippen LogP contribution in [0.4, 0.5) is 0 Å². The third kappa shape index (κ3) is 3.64. The zero-order valence-electron chi connectivity index (χ0n) is 9.67. The van der Waals surface area contributed by atoms with Gasteiger partial charge in [-0.1, -0.05) is 41.4 Å². The molecule has 0 N–H and O–H groups in total. The molecule has 1 rings (SSSR count). The van der Waals surface area contributed by atoms with Gasteiger partial charge in [0, 0.05) is 17.3 Å². The van der Waals surface area contributed by atoms with Gasteiger partial charge in [0.25, 0.3) is 0 Å². The number of rotatable bonds is 6. The minimum Gasteiger partial charge on any atom is -0.248 e. The van der Waals surface area contributed by atoms with Crippen molar-refractivity contribution >= 4 is 39.3 Å². The molecule has 0 aromatic carbocycles. The number of pyridine rings is 1. The zero-order valence-corrected chi connectivity index (χ0v) is 12.8. The summed E-state index contributed by atoms with van der Waals surface area (Å²) < 4.78 is 0. The first kappa shape index (κ1) is 14.3. The van der Waals surface area contributed by atoms with Gasteiger partial charge in [0.05, 0.1) is 5.02 Å². The summed E-state index contributed by atoms with van der Waals surface area (Å²) in [5.41, 5.74) is 0.353. The fraction of sp³-hybridized carbons (Fsp3) is 0.583. The Bertz CT molecular complexity index is 320. The van der Waals surface area contributed by atoms with Gasteiger partial charge in [0.15, 0.2) is 0 Å². The minimum absolute atomic E-state index is 0.353. The normalized spacial score (nSPS) is 11.8. The quantitative estimate of drug-likeness (QED) is 0.538. The largest absolute Gasteiger partial charge is 0.248 e. The lowest BCUT2D eigenvalue weighted by atomic mass is 9.87. The predicted molar refractivity (Wildman–Crippen MR) is 76.8 cm³/mol. The van der Waals surface area contributed by atoms with Crippen LogP contribution >= 0.6 is 39.3 Å². The second kappa shape index (κ2) is 6.87. The number of halogens is 2. The summed E-state index contributed by atoms with van der Waals surface area (Å²) in [5, 5.41) is 2.73. The van der Waals surface area contributed by atoms with Crippen LogP contribution in [0, 0.1) is 5.41 Å². The van der Waals surface area contributed by atoms with Crippen LogP contribution in [-0.2, 0) is 0 Å². The van der Waals surface area contributed by atoms with Crippen molar-refractivity contribution in [1.29, 1.82) is 0 Å². The molecule has 0 spiro atoms. The topological polar surface area (TPSA) is 12.9 Å². The summed E-state index contributed by atoms with van der Waals surface area (Å²) in [5.74, 6) is 1.06. The van der Waals surface area contributed by atoms with Gasteiger partial charge in [-0.15, -0.1) is 11.8 Å². The molecule has 0 unspecified atom stereocenters. The highest BCUT2D eigenvalue weighted by Gasteiger charge is 2.25. The fourth-order valence-corrected chi connectivity index (χ4v) is 4.21. The number of alkyl halides is 1. The van der Waals surface area contributed by atoms with Crippen LogP contribution in [0.1, 0.15) is 26.7 Å². The first-order chi connectivity index (χ1) is 7.67. The van der Waals surface area contributed by atoms with Crippen LogP contribution < -0.4 is 0 Å². The number of hydrogen-bond acceptors (Lipinski definition) is 2. The summed E-state index contributed by atoms with van der Waals surface area (Å²) in [6, 6.07) is 3.76. The van der Waals surface area contributed by atoms with E-state index in [9.17, 15) is 0 Å². The molecule has 0 aliphatic heterocycles. The summed E-state index contributed by atoms with van der Waals surface area (Å²) in [4.78, 5) is 4.30. The Morgan fingerprint density at radius 3 is 2.62 bits per heavy atom. The first-order valence-electron chi connectivity index (χ1n) is 5.46. The molecule has 1 nitrogen and oxygen atoms in total. The Morgan fingerprint density at radius 1 is 1.44 bits per heavy atom. The smallest absolute Gasteiger partial charge is 0.115 e. The maximum atomic E-state index is 6.09. The van der Waals surface area contributed by atoms with E-state index in [0.717, 1.165) is 21.1 Å². The molecule has 90 valence electrons. The molecule has 1 heterocycles. The lowest BCUT2D eigenvalue weighted by Gasteiger charge is -2.28. The molecule has 4 heteroatoms. The molecular weight excluding hydrogens is 306 g/mol. The average molecular weight is 323 g/mol. The second-order valence-corrected chi connectivity index (χ2v) is 5.85. The van der Waals surface area contributed by atoms with E-state index in [1.165, 1.54) is 12.8 Å². The molecule has 16 heavy (non-hydrogen) atoms. The summed E-state index contributed by atoms with van der Waals surface area (Å²) in [6.07, 6.45) is 4.14. The van der Waals surface area contributed by atoms with E-state index in [0.29, 0.717) is 5.41 Å². The molecule has 1 aromatic heterocycles. The van der Waals surface area contributed by atoms with Crippen molar-refractivity contribution in [3.05, 3.63) is 23.4 Å². The first-order valence-corrected chi connectivity index (χ1v) is 7.95. The summed E-state index contributed by atoms with van der Waals surface area (Å²) in [6.45, 7) is 4.48. The second-order valence-electron chi connectivity index (χ2n) is 3.92. The summed E-state index contributed by atoms with van der Waals surface area (Å²) in [7, 11) is 0. The van der Waals surface area contributed by atoms with Crippen molar-refractivity contribution in [3.63, 3.8) is 0 Å². The van der Waals surface area contributed by atoms with E-state index in [1.54, 1.807) is 18.0 Å². The number of aromatic nitrogens is 1. The molecule has 0 saturated heterocycles. The van der Waals surface area contributed by atoms with E-state index in [1.807, 2.05) is 12.1 Å². The fourth-order valence-electron chi connectivity index (χ4n) is 1.38. The molecule has 0 aliphatic carbocycles. The van der Waals surface area contributed by atoms with Crippen molar-refractivity contribution in [3.8, 4) is 0 Å². The van der Waals surface area contributed by atoms with Gasteiger partial charge in [0.2, 0.25) is 0 Å². The van der Waals surface area contributed by atoms with Crippen LogP contribution in [0.25, 0.3) is 0 Å². The lowest BCUT2D eigenvalue weighted by Crippen LogP contribution is -2.23. The monoisotopic (exact) mass is 321 g/mol. The van der Waals surface area contributed by atoms with Gasteiger partial charge in [-0.05, 0) is 30.4 Å². The van der Waals surface area contributed by atoms with Gasteiger partial charge in [-0.3, -0.25) is 0 Å². The highest BCUT2D eigenvalue weighted by Crippen LogP contribution is 2.36. The lowest BCUT2D eigenvalue weighted by molar-refractivity contribution is 0.359. The third-order valence-corrected chi connectivity index (χ3v) is 5.99. The van der Waals surface area contributed by atoms with Crippen molar-refractivity contribution in [2.75, 3.05) is 11.1 Å². The third-order valence-electron chi connectivity index (χ3n) is 3.02. The molecule has 0 atom stereocenters. The van der Waals surface area contributed by atoms with Gasteiger partial charge in [-0.25, -0.2) is 4.98 Å². The predicted octanol–water partition coefficient (Wildman–Crippen LogP) is 5.03. The maximum Gasteiger partial charge on any atom is 0.115 e. The van der Waals surface area contributed by atoms with Gasteiger partial charge in [0.1, 0.15) is 5.03 Å². The average Bonchev–Trinajstić information content (AvgIpc) is 2.34. The van der Waals surface area contributed by atoms with Crippen molar-refractivity contribution in [1.82, 2.24) is 4.98 Å². The van der Waals surface area contributed by atoms with Crippen LogP contribution in [-0.4, -0.2) is 16.1 Å². The number of hydrogen-bond donors (Lipinski definition) is 0. The highest BCUT2D eigenvalue weighted by molar-refractivity contribution is 9.09. The van der Waals surface area contributed by atoms with Crippen LogP contribution in [0.2, 0.25) is 5.02 Å². The molecule has 0 saturated carbocycles. The van der Waals surface area contributed by atoms with E-state index >= 15 is 0 Å². The van der Waals surface area contributed by atoms with E-state index < -0.39 is 0 Å². The summed E-state index contributed by atoms with van der Waals surface area (Å²) >= 11 is 11.5. The van der Waals surface area contributed by atoms with Crippen LogP contribution in [0.3, 0.4) is 0 Å². The van der Waals surface area contributed by atoms with E-state index in [-0.39, 0.29) is 0 Å². The van der Waals surface area contributed by atoms with E-state index in [2.05, 4.69) is 34.8 Å². The Labute approximate surface area is 115 Å². The molecule has 1 aromatic rings. The molecule has 0 radical (unpaired) electrons. The Kier molecular flexibility index (Phi) is 6.16. The van der Waals surface area contributed by atoms with Gasteiger partial charge < -0.3 is 0 Å². The molecule has 0 fully saturated rings. The Hall–Kier alpha value is 0.270. The SMILES string of the molecule is CCC(CC)(CBr)CSc1ncccc1Cl. The molecule has 0 bridgehead atoms. The van der Waals surface area contributed by atoms with Crippen LogP contribution in [0.5, 0.6) is 0 Å². The highest BCUT2D eigenvalue weighted by atomic mass is 79.9. The standard InChI is InChI=1S/C12H17BrClNS/c1-3-12(4-2,8-13)9-16-11-10(14)6-5-7-15-11/h5-7H,3-4,8-9H2,1-2H3. The molecule has 0 aliphatic rings. The molecular formula is C12H17BrClNS. The van der Waals surface area contributed by atoms with Crippen molar-refractivity contribution < 1.29 is 0 Å². The van der Waals surface area contributed by atoms with Gasteiger partial charge >= 0.3 is 0 Å². The van der Waals surface area contributed by atoms with Crippen molar-refractivity contribution in [2.24, 2.45) is 5.41 Å². The van der Waals surface area contributed by atoms with E-state index in [4.69, 9.17) is 11.6 Å². The Morgan fingerprint density at radius 2 is 2.12 bits per heavy atom. The number of thioether (sulfide) groups is 1. The van der Waals surface area contributed by atoms with Crippen molar-refractivity contribution in [2.45, 2.75) is 31.7 Å². The zero-order chi connectivity index (χ0) is 12.0. The van der Waals surface area contributed by atoms with Crippen LogP contribution in [0.15, 0.2) is 23.4 Å². The number of nitrogens with zero attached hydrogens (tertiary/aromatic N) is 1. The molecule has 0 amide bonds. The van der Waals surface area contributed by atoms with Gasteiger partial charge in [-0.2, -0.15) is 0 Å². The maximum absolute atomic E-state index is 6.09.